The second-order valence-corrected chi connectivity index (χ2v) is 6.73. The molecule has 0 radical (unpaired) electrons. The molecule has 0 amide bonds. The molecule has 2 atom stereocenters. The topological polar surface area (TPSA) is 183 Å². The van der Waals surface area contributed by atoms with Crippen molar-refractivity contribution in [3.8, 4) is 11.5 Å². The van der Waals surface area contributed by atoms with Crippen molar-refractivity contribution < 1.29 is 44.3 Å². The third kappa shape index (κ3) is 4.65. The molecule has 0 bridgehead atoms. The second-order valence-electron chi connectivity index (χ2n) is 5.76. The maximum atomic E-state index is 12.0. The lowest BCUT2D eigenvalue weighted by molar-refractivity contribution is -0.0634. The molecule has 0 saturated carbocycles. The van der Waals surface area contributed by atoms with Crippen LogP contribution < -0.4 is 0 Å². The minimum atomic E-state index is -3.51. The van der Waals surface area contributed by atoms with E-state index in [0.29, 0.717) is 0 Å². The van der Waals surface area contributed by atoms with Gasteiger partial charge in [0.25, 0.3) is 0 Å². The number of hydrogen-bond acceptors (Lipinski definition) is 11. The molecule has 2 rings (SSSR count). The first-order chi connectivity index (χ1) is 13.2. The zero-order valence-electron chi connectivity index (χ0n) is 15.0. The molecule has 28 heavy (non-hydrogen) atoms. The molecule has 2 aromatic heterocycles. The smallest absolute Gasteiger partial charge is 0.324 e. The number of nitrogens with zero attached hydrogens (tertiary/aromatic N) is 2. The van der Waals surface area contributed by atoms with E-state index in [1.54, 1.807) is 0 Å². The van der Waals surface area contributed by atoms with E-state index in [0.717, 1.165) is 12.4 Å². The van der Waals surface area contributed by atoms with Crippen molar-refractivity contribution >= 4 is 8.25 Å². The fourth-order valence-electron chi connectivity index (χ4n) is 2.42. The van der Waals surface area contributed by atoms with Gasteiger partial charge in [0.1, 0.15) is 11.5 Å². The van der Waals surface area contributed by atoms with Crippen LogP contribution in [0.1, 0.15) is 46.2 Å². The van der Waals surface area contributed by atoms with Crippen LogP contribution in [0.25, 0.3) is 0 Å². The minimum absolute atomic E-state index is 0.0643. The van der Waals surface area contributed by atoms with Crippen molar-refractivity contribution in [2.75, 3.05) is 0 Å². The molecule has 0 aromatic carbocycles. The number of hydrogen-bond donors (Lipinski definition) is 6. The second kappa shape index (κ2) is 9.39. The Morgan fingerprint density at radius 3 is 1.57 bits per heavy atom. The van der Waals surface area contributed by atoms with Gasteiger partial charge in [-0.3, -0.25) is 23.6 Å². The van der Waals surface area contributed by atoms with E-state index in [4.69, 9.17) is 9.05 Å². The van der Waals surface area contributed by atoms with Gasteiger partial charge < -0.3 is 30.6 Å². The van der Waals surface area contributed by atoms with Crippen molar-refractivity contribution in [2.45, 2.75) is 39.6 Å². The monoisotopic (exact) mass is 416 g/mol. The van der Waals surface area contributed by atoms with Gasteiger partial charge in [0.2, 0.25) is 0 Å². The third-order valence-electron chi connectivity index (χ3n) is 4.01. The third-order valence-corrected chi connectivity index (χ3v) is 4.84. The zero-order chi connectivity index (χ0) is 21.0. The fourth-order valence-corrected chi connectivity index (χ4v) is 3.09. The van der Waals surface area contributed by atoms with Gasteiger partial charge in [0.15, 0.2) is 12.6 Å². The van der Waals surface area contributed by atoms with Crippen molar-refractivity contribution in [3.63, 3.8) is 0 Å². The van der Waals surface area contributed by atoms with Gasteiger partial charge >= 0.3 is 8.25 Å². The quantitative estimate of drug-likeness (QED) is 0.262. The van der Waals surface area contributed by atoms with Crippen molar-refractivity contribution in [1.29, 1.82) is 0 Å². The standard InChI is InChI=1S/C16H21N2O9P/c1-7-13(21)11(5-19)9(3-17-7)15(23)26-28(25)27-16(24)10-4-18-8(2)14(22)12(10)6-20/h3-4,15-16,19-24,28H,5-6H2,1-2H3. The number of aryl methyl sites for hydroxylation is 2. The maximum absolute atomic E-state index is 12.0. The summed E-state index contributed by atoms with van der Waals surface area (Å²) < 4.78 is 21.7. The molecule has 0 aliphatic carbocycles. The number of aromatic nitrogens is 2. The fraction of sp³-hybridized carbons (Fsp3) is 0.375. The van der Waals surface area contributed by atoms with Crippen LogP contribution in [0.15, 0.2) is 12.4 Å². The van der Waals surface area contributed by atoms with Gasteiger partial charge in [-0.15, -0.1) is 0 Å². The van der Waals surface area contributed by atoms with Gasteiger partial charge in [-0.2, -0.15) is 0 Å². The van der Waals surface area contributed by atoms with Crippen molar-refractivity contribution in [2.24, 2.45) is 0 Å². The summed E-state index contributed by atoms with van der Waals surface area (Å²) in [5.74, 6) is -0.700. The molecule has 0 spiro atoms. The average Bonchev–Trinajstić information content (AvgIpc) is 2.65. The van der Waals surface area contributed by atoms with E-state index in [1.165, 1.54) is 13.8 Å². The SMILES string of the molecule is Cc1ncc(C(O)O[PH](=O)OC(O)c2cnc(C)c(O)c2CO)c(CO)c1O. The molecular formula is C16H21N2O9P. The first-order valence-electron chi connectivity index (χ1n) is 8.01. The Balaban J connectivity index is 2.15. The summed E-state index contributed by atoms with van der Waals surface area (Å²) in [6.07, 6.45) is -1.49. The largest absolute Gasteiger partial charge is 0.506 e. The highest BCUT2D eigenvalue weighted by Gasteiger charge is 2.24. The van der Waals surface area contributed by atoms with Crippen LogP contribution in [0.4, 0.5) is 0 Å². The summed E-state index contributed by atoms with van der Waals surface area (Å²) in [5, 5.41) is 58.6. The normalized spacial score (nSPS) is 14.6. The highest BCUT2D eigenvalue weighted by Crippen LogP contribution is 2.40. The summed E-state index contributed by atoms with van der Waals surface area (Å²) in [7, 11) is -3.51. The van der Waals surface area contributed by atoms with Crippen LogP contribution in [0.2, 0.25) is 0 Å². The Morgan fingerprint density at radius 2 is 1.25 bits per heavy atom. The molecule has 154 valence electrons. The van der Waals surface area contributed by atoms with Crippen LogP contribution in [-0.4, -0.2) is 40.6 Å². The molecular weight excluding hydrogens is 395 g/mol. The lowest BCUT2D eigenvalue weighted by atomic mass is 10.1. The molecule has 6 N–H and O–H groups in total. The Hall–Kier alpha value is -2.11. The Bertz CT molecular complexity index is 808. The number of aliphatic hydroxyl groups excluding tert-OH is 4. The van der Waals surface area contributed by atoms with Gasteiger partial charge in [0.05, 0.1) is 24.6 Å². The number of rotatable bonds is 8. The van der Waals surface area contributed by atoms with E-state index >= 15 is 0 Å². The van der Waals surface area contributed by atoms with Gasteiger partial charge in [0, 0.05) is 34.6 Å². The molecule has 0 aliphatic rings. The molecule has 2 aromatic rings. The molecule has 0 saturated heterocycles. The van der Waals surface area contributed by atoms with E-state index in [1.807, 2.05) is 0 Å². The van der Waals surface area contributed by atoms with Crippen molar-refractivity contribution in [3.05, 3.63) is 46.0 Å². The molecule has 0 aliphatic heterocycles. The predicted molar refractivity (Wildman–Crippen MR) is 94.2 cm³/mol. The molecule has 11 nitrogen and oxygen atoms in total. The van der Waals surface area contributed by atoms with E-state index in [9.17, 15) is 35.2 Å². The van der Waals surface area contributed by atoms with Gasteiger partial charge in [-0.1, -0.05) is 0 Å². The average molecular weight is 416 g/mol. The number of pyridine rings is 2. The summed E-state index contributed by atoms with van der Waals surface area (Å²) in [6, 6.07) is 0. The highest BCUT2D eigenvalue weighted by molar-refractivity contribution is 7.33. The lowest BCUT2D eigenvalue weighted by Gasteiger charge is -2.19. The van der Waals surface area contributed by atoms with E-state index < -0.39 is 34.0 Å². The maximum Gasteiger partial charge on any atom is 0.324 e. The summed E-state index contributed by atoms with van der Waals surface area (Å²) in [5.41, 5.74) is 0.0293. The van der Waals surface area contributed by atoms with E-state index in [2.05, 4.69) is 9.97 Å². The lowest BCUT2D eigenvalue weighted by Crippen LogP contribution is -2.08. The van der Waals surface area contributed by atoms with Crippen LogP contribution in [0.3, 0.4) is 0 Å². The van der Waals surface area contributed by atoms with Crippen molar-refractivity contribution in [1.82, 2.24) is 9.97 Å². The molecule has 12 heteroatoms. The molecule has 2 heterocycles. The summed E-state index contributed by atoms with van der Waals surface area (Å²) in [6.45, 7) is 1.70. The number of aliphatic hydroxyl groups is 4. The molecule has 0 fully saturated rings. The summed E-state index contributed by atoms with van der Waals surface area (Å²) >= 11 is 0. The predicted octanol–water partition coefficient (Wildman–Crippen LogP) is 0.594. The van der Waals surface area contributed by atoms with E-state index in [-0.39, 0.29) is 45.1 Å². The van der Waals surface area contributed by atoms with Crippen LogP contribution in [0.5, 0.6) is 11.5 Å². The minimum Gasteiger partial charge on any atom is -0.506 e. The van der Waals surface area contributed by atoms with Crippen LogP contribution in [0, 0.1) is 13.8 Å². The first-order valence-corrected chi connectivity index (χ1v) is 9.23. The Morgan fingerprint density at radius 1 is 0.893 bits per heavy atom. The Labute approximate surface area is 160 Å². The first kappa shape index (κ1) is 22.2. The zero-order valence-corrected chi connectivity index (χ0v) is 16.0. The van der Waals surface area contributed by atoms with Crippen LogP contribution in [-0.2, 0) is 26.8 Å². The van der Waals surface area contributed by atoms with Gasteiger partial charge in [-0.25, -0.2) is 0 Å². The Kier molecular flexibility index (Phi) is 7.44. The molecule has 2 unspecified atom stereocenters. The number of aromatic hydroxyl groups is 2. The summed E-state index contributed by atoms with van der Waals surface area (Å²) in [4.78, 5) is 7.64. The van der Waals surface area contributed by atoms with Crippen LogP contribution >= 0.6 is 8.25 Å². The van der Waals surface area contributed by atoms with Gasteiger partial charge in [-0.05, 0) is 13.8 Å². The highest BCUT2D eigenvalue weighted by atomic mass is 31.1.